The van der Waals surface area contributed by atoms with Gasteiger partial charge in [-0.25, -0.2) is 0 Å². The number of rotatable bonds is 2. The molecule has 1 heterocycles. The molecule has 0 spiro atoms. The highest BCUT2D eigenvalue weighted by Crippen LogP contribution is 2.30. The maximum atomic E-state index is 10.5. The summed E-state index contributed by atoms with van der Waals surface area (Å²) in [5, 5.41) is 10.6. The Morgan fingerprint density at radius 3 is 2.77 bits per heavy atom. The Morgan fingerprint density at radius 1 is 1.69 bits per heavy atom. The fourth-order valence-corrected chi connectivity index (χ4v) is 1.22. The Balaban J connectivity index is 3.38. The van der Waals surface area contributed by atoms with Gasteiger partial charge in [-0.05, 0) is 28.4 Å². The first-order chi connectivity index (χ1) is 6.06. The van der Waals surface area contributed by atoms with E-state index in [-0.39, 0.29) is 16.7 Å². The van der Waals surface area contributed by atoms with Gasteiger partial charge in [0.05, 0.1) is 7.11 Å². The average molecular weight is 203 g/mol. The Hall–Kier alpha value is -1.36. The summed E-state index contributed by atoms with van der Waals surface area (Å²) in [6, 6.07) is 1.51. The third-order valence-corrected chi connectivity index (χ3v) is 1.68. The molecule has 0 amide bonds. The summed E-state index contributed by atoms with van der Waals surface area (Å²) in [4.78, 5) is 13.4. The second-order valence-corrected chi connectivity index (χ2v) is 2.76. The highest BCUT2D eigenvalue weighted by atomic mass is 35.5. The first kappa shape index (κ1) is 9.73. The normalized spacial score (nSPS) is 9.77. The van der Waals surface area contributed by atoms with Gasteiger partial charge in [-0.2, -0.15) is 0 Å². The van der Waals surface area contributed by atoms with Crippen LogP contribution in [0.5, 0.6) is 5.75 Å². The van der Waals surface area contributed by atoms with E-state index < -0.39 is 4.92 Å². The van der Waals surface area contributed by atoms with Crippen molar-refractivity contribution in [2.75, 3.05) is 7.11 Å². The van der Waals surface area contributed by atoms with Crippen LogP contribution in [0.4, 0.5) is 5.82 Å². The highest BCUT2D eigenvalue weighted by Gasteiger charge is 2.20. The highest BCUT2D eigenvalue weighted by molar-refractivity contribution is 6.29. The van der Waals surface area contributed by atoms with Crippen molar-refractivity contribution in [3.63, 3.8) is 0 Å². The van der Waals surface area contributed by atoms with Crippen LogP contribution in [0.25, 0.3) is 0 Å². The summed E-state index contributed by atoms with van der Waals surface area (Å²) in [7, 11) is 1.35. The molecule has 0 aromatic carbocycles. The van der Waals surface area contributed by atoms with Gasteiger partial charge < -0.3 is 14.9 Å². The molecule has 0 aliphatic heterocycles. The van der Waals surface area contributed by atoms with Crippen LogP contribution in [0.2, 0.25) is 5.15 Å². The quantitative estimate of drug-likeness (QED) is 0.418. The third-order valence-electron chi connectivity index (χ3n) is 1.49. The Morgan fingerprint density at radius 2 is 2.31 bits per heavy atom. The Labute approximate surface area is 79.5 Å². The van der Waals surface area contributed by atoms with Crippen LogP contribution in [-0.4, -0.2) is 17.0 Å². The van der Waals surface area contributed by atoms with Crippen molar-refractivity contribution < 1.29 is 9.66 Å². The van der Waals surface area contributed by atoms with E-state index >= 15 is 0 Å². The molecule has 1 aromatic heterocycles. The number of aromatic nitrogens is 1. The SMILES string of the molecule is COc1c(C)cc(Cl)nc1[N+](=O)[O-]. The van der Waals surface area contributed by atoms with Gasteiger partial charge in [0.25, 0.3) is 0 Å². The van der Waals surface area contributed by atoms with E-state index in [4.69, 9.17) is 16.3 Å². The van der Waals surface area contributed by atoms with Crippen molar-refractivity contribution in [3.05, 3.63) is 26.9 Å². The molecule has 1 aromatic rings. The van der Waals surface area contributed by atoms with Gasteiger partial charge in [0.15, 0.2) is 0 Å². The van der Waals surface area contributed by atoms with Gasteiger partial charge in [-0.1, -0.05) is 0 Å². The van der Waals surface area contributed by atoms with E-state index in [1.54, 1.807) is 6.92 Å². The lowest BCUT2D eigenvalue weighted by Crippen LogP contribution is -1.98. The standard InChI is InChI=1S/C7H7ClN2O3/c1-4-3-5(8)9-7(10(11)12)6(4)13-2/h3H,1-2H3. The van der Waals surface area contributed by atoms with Crippen LogP contribution in [0.15, 0.2) is 6.07 Å². The molecular formula is C7H7ClN2O3. The van der Waals surface area contributed by atoms with Gasteiger partial charge in [0.2, 0.25) is 10.9 Å². The van der Waals surface area contributed by atoms with Crippen LogP contribution < -0.4 is 4.74 Å². The number of halogens is 1. The van der Waals surface area contributed by atoms with Gasteiger partial charge in [0.1, 0.15) is 0 Å². The minimum absolute atomic E-state index is 0.0880. The summed E-state index contributed by atoms with van der Waals surface area (Å²) in [6.45, 7) is 1.67. The lowest BCUT2D eigenvalue weighted by molar-refractivity contribution is -0.390. The first-order valence-electron chi connectivity index (χ1n) is 3.41. The molecule has 0 radical (unpaired) electrons. The van der Waals surface area contributed by atoms with Gasteiger partial charge in [-0.15, -0.1) is 0 Å². The second kappa shape index (κ2) is 3.57. The van der Waals surface area contributed by atoms with Crippen LogP contribution >= 0.6 is 11.6 Å². The van der Waals surface area contributed by atoms with Gasteiger partial charge in [0, 0.05) is 11.6 Å². The zero-order valence-electron chi connectivity index (χ0n) is 7.07. The number of nitro groups is 1. The molecule has 70 valence electrons. The largest absolute Gasteiger partial charge is 0.489 e. The minimum atomic E-state index is -0.627. The predicted molar refractivity (Wildman–Crippen MR) is 47.2 cm³/mol. The third kappa shape index (κ3) is 1.86. The van der Waals surface area contributed by atoms with E-state index in [1.165, 1.54) is 13.2 Å². The lowest BCUT2D eigenvalue weighted by atomic mass is 10.2. The number of methoxy groups -OCH3 is 1. The molecule has 1 rings (SSSR count). The van der Waals surface area contributed by atoms with Crippen molar-refractivity contribution in [2.24, 2.45) is 0 Å². The predicted octanol–water partition coefficient (Wildman–Crippen LogP) is 1.96. The number of nitrogens with zero attached hydrogens (tertiary/aromatic N) is 2. The molecule has 5 nitrogen and oxygen atoms in total. The maximum absolute atomic E-state index is 10.5. The topological polar surface area (TPSA) is 65.3 Å². The van der Waals surface area contributed by atoms with E-state index in [0.717, 1.165) is 0 Å². The van der Waals surface area contributed by atoms with E-state index in [0.29, 0.717) is 5.56 Å². The second-order valence-electron chi connectivity index (χ2n) is 2.38. The van der Waals surface area contributed by atoms with Crippen molar-refractivity contribution >= 4 is 17.4 Å². The number of aryl methyl sites for hydroxylation is 1. The number of hydrogen-bond donors (Lipinski definition) is 0. The van der Waals surface area contributed by atoms with E-state index in [1.807, 2.05) is 0 Å². The summed E-state index contributed by atoms with van der Waals surface area (Å²) < 4.78 is 4.83. The van der Waals surface area contributed by atoms with Crippen LogP contribution in [0, 0.1) is 17.0 Å². The maximum Gasteiger partial charge on any atom is 0.407 e. The summed E-state index contributed by atoms with van der Waals surface area (Å²) in [5.41, 5.74) is 0.592. The van der Waals surface area contributed by atoms with E-state index in [9.17, 15) is 10.1 Å². The smallest absolute Gasteiger partial charge is 0.407 e. The molecular weight excluding hydrogens is 196 g/mol. The van der Waals surface area contributed by atoms with Crippen LogP contribution in [0.3, 0.4) is 0 Å². The molecule has 13 heavy (non-hydrogen) atoms. The molecule has 0 unspecified atom stereocenters. The average Bonchev–Trinajstić information content (AvgIpc) is 2.02. The number of hydrogen-bond acceptors (Lipinski definition) is 4. The van der Waals surface area contributed by atoms with Crippen LogP contribution in [-0.2, 0) is 0 Å². The fraction of sp³-hybridized carbons (Fsp3) is 0.286. The first-order valence-corrected chi connectivity index (χ1v) is 3.79. The van der Waals surface area contributed by atoms with Crippen molar-refractivity contribution in [1.82, 2.24) is 4.98 Å². The molecule has 0 saturated heterocycles. The van der Waals surface area contributed by atoms with Gasteiger partial charge in [-0.3, -0.25) is 0 Å². The zero-order chi connectivity index (χ0) is 10.0. The van der Waals surface area contributed by atoms with Crippen LogP contribution in [0.1, 0.15) is 5.56 Å². The van der Waals surface area contributed by atoms with Crippen molar-refractivity contribution in [3.8, 4) is 5.75 Å². The molecule has 0 saturated carbocycles. The summed E-state index contributed by atoms with van der Waals surface area (Å²) >= 11 is 5.55. The summed E-state index contributed by atoms with van der Waals surface area (Å²) in [5.74, 6) is -0.207. The van der Waals surface area contributed by atoms with Crippen molar-refractivity contribution in [2.45, 2.75) is 6.92 Å². The molecule has 0 atom stereocenters. The summed E-state index contributed by atoms with van der Waals surface area (Å²) in [6.07, 6.45) is 0. The number of ether oxygens (including phenoxy) is 1. The molecule has 0 aliphatic rings. The van der Waals surface area contributed by atoms with E-state index in [2.05, 4.69) is 4.98 Å². The Bertz CT molecular complexity index is 354. The molecule has 0 aliphatic carbocycles. The fourth-order valence-electron chi connectivity index (χ4n) is 0.981. The molecule has 0 bridgehead atoms. The van der Waals surface area contributed by atoms with Gasteiger partial charge >= 0.3 is 5.82 Å². The number of pyridine rings is 1. The molecule has 0 N–H and O–H groups in total. The monoisotopic (exact) mass is 202 g/mol. The zero-order valence-corrected chi connectivity index (χ0v) is 7.83. The molecule has 6 heteroatoms. The lowest BCUT2D eigenvalue weighted by Gasteiger charge is -2.03. The minimum Gasteiger partial charge on any atom is -0.489 e. The van der Waals surface area contributed by atoms with Crippen molar-refractivity contribution in [1.29, 1.82) is 0 Å². The Kier molecular flexibility index (Phi) is 2.67. The molecule has 0 fully saturated rings.